The van der Waals surface area contributed by atoms with Crippen molar-refractivity contribution in [2.75, 3.05) is 7.11 Å². The third-order valence-electron chi connectivity index (χ3n) is 1.86. The van der Waals surface area contributed by atoms with Crippen LogP contribution < -0.4 is 0 Å². The van der Waals surface area contributed by atoms with Crippen molar-refractivity contribution in [3.63, 3.8) is 0 Å². The van der Waals surface area contributed by atoms with Crippen LogP contribution in [0.4, 0.5) is 0 Å². The molecule has 0 aromatic heterocycles. The maximum Gasteiger partial charge on any atom is 0.0599 e. The van der Waals surface area contributed by atoms with Gasteiger partial charge in [-0.2, -0.15) is 0 Å². The summed E-state index contributed by atoms with van der Waals surface area (Å²) in [6, 6.07) is 0. The fourth-order valence-corrected chi connectivity index (χ4v) is 1.19. The molecular weight excluding hydrogens is 136 g/mol. The van der Waals surface area contributed by atoms with Crippen LogP contribution in [0, 0.1) is 11.3 Å². The van der Waals surface area contributed by atoms with Crippen molar-refractivity contribution in [1.29, 1.82) is 0 Å². The first kappa shape index (κ1) is 11.0. The first-order valence-corrected chi connectivity index (χ1v) is 4.39. The molecular formula is C10H22O. The highest BCUT2D eigenvalue weighted by Gasteiger charge is 2.20. The molecule has 0 rings (SSSR count). The standard InChI is InChI=1S/C10H22O/c1-8(2)9(11-6)7-10(3,4)5/h8-9H,7H2,1-6H3. The Balaban J connectivity index is 3.88. The van der Waals surface area contributed by atoms with E-state index in [0.29, 0.717) is 17.4 Å². The van der Waals surface area contributed by atoms with E-state index in [9.17, 15) is 0 Å². The lowest BCUT2D eigenvalue weighted by Gasteiger charge is -2.27. The molecule has 0 heterocycles. The first-order valence-electron chi connectivity index (χ1n) is 4.39. The van der Waals surface area contributed by atoms with E-state index in [0.717, 1.165) is 6.42 Å². The van der Waals surface area contributed by atoms with Crippen molar-refractivity contribution in [2.24, 2.45) is 11.3 Å². The molecule has 0 fully saturated rings. The predicted octanol–water partition coefficient (Wildman–Crippen LogP) is 3.09. The molecule has 0 saturated heterocycles. The van der Waals surface area contributed by atoms with Crippen LogP contribution in [0.25, 0.3) is 0 Å². The maximum atomic E-state index is 5.39. The molecule has 0 aliphatic rings. The number of rotatable bonds is 3. The molecule has 1 heteroatoms. The Bertz CT molecular complexity index is 99.9. The Hall–Kier alpha value is -0.0400. The molecule has 0 aliphatic carbocycles. The second kappa shape index (κ2) is 4.10. The smallest absolute Gasteiger partial charge is 0.0599 e. The second-order valence-corrected chi connectivity index (χ2v) is 4.78. The van der Waals surface area contributed by atoms with Crippen LogP contribution >= 0.6 is 0 Å². The van der Waals surface area contributed by atoms with Gasteiger partial charge in [0.25, 0.3) is 0 Å². The van der Waals surface area contributed by atoms with E-state index in [1.54, 1.807) is 7.11 Å². The molecule has 0 aromatic carbocycles. The van der Waals surface area contributed by atoms with Gasteiger partial charge in [-0.25, -0.2) is 0 Å². The Morgan fingerprint density at radius 3 is 1.73 bits per heavy atom. The van der Waals surface area contributed by atoms with Gasteiger partial charge in [0, 0.05) is 7.11 Å². The van der Waals surface area contributed by atoms with Crippen LogP contribution in [0.3, 0.4) is 0 Å². The summed E-state index contributed by atoms with van der Waals surface area (Å²) in [7, 11) is 1.80. The van der Waals surface area contributed by atoms with Crippen molar-refractivity contribution in [2.45, 2.75) is 47.1 Å². The van der Waals surface area contributed by atoms with Gasteiger partial charge in [-0.15, -0.1) is 0 Å². The van der Waals surface area contributed by atoms with E-state index in [4.69, 9.17) is 4.74 Å². The monoisotopic (exact) mass is 158 g/mol. The lowest BCUT2D eigenvalue weighted by Crippen LogP contribution is -2.24. The van der Waals surface area contributed by atoms with Gasteiger partial charge >= 0.3 is 0 Å². The molecule has 0 amide bonds. The summed E-state index contributed by atoms with van der Waals surface area (Å²) in [5.41, 5.74) is 0.380. The minimum Gasteiger partial charge on any atom is -0.381 e. The Morgan fingerprint density at radius 1 is 1.18 bits per heavy atom. The van der Waals surface area contributed by atoms with Crippen LogP contribution in [0.1, 0.15) is 41.0 Å². The molecule has 0 aromatic rings. The maximum absolute atomic E-state index is 5.39. The summed E-state index contributed by atoms with van der Waals surface area (Å²) >= 11 is 0. The van der Waals surface area contributed by atoms with Gasteiger partial charge in [0.05, 0.1) is 6.10 Å². The van der Waals surface area contributed by atoms with Crippen LogP contribution in [0.2, 0.25) is 0 Å². The quantitative estimate of drug-likeness (QED) is 0.613. The number of hydrogen-bond donors (Lipinski definition) is 0. The van der Waals surface area contributed by atoms with E-state index in [2.05, 4.69) is 34.6 Å². The lowest BCUT2D eigenvalue weighted by molar-refractivity contribution is 0.0325. The van der Waals surface area contributed by atoms with Crippen molar-refractivity contribution >= 4 is 0 Å². The average Bonchev–Trinajstić information content (AvgIpc) is 1.80. The van der Waals surface area contributed by atoms with Gasteiger partial charge in [-0.05, 0) is 17.8 Å². The third-order valence-corrected chi connectivity index (χ3v) is 1.86. The van der Waals surface area contributed by atoms with Gasteiger partial charge in [0.1, 0.15) is 0 Å². The third kappa shape index (κ3) is 5.25. The van der Waals surface area contributed by atoms with Crippen molar-refractivity contribution in [3.8, 4) is 0 Å². The molecule has 0 aliphatic heterocycles. The molecule has 11 heavy (non-hydrogen) atoms. The molecule has 0 radical (unpaired) electrons. The summed E-state index contributed by atoms with van der Waals surface area (Å²) in [5, 5.41) is 0. The fraction of sp³-hybridized carbons (Fsp3) is 1.00. The highest BCUT2D eigenvalue weighted by Crippen LogP contribution is 2.25. The summed E-state index contributed by atoms with van der Waals surface area (Å²) in [4.78, 5) is 0. The Morgan fingerprint density at radius 2 is 1.64 bits per heavy atom. The van der Waals surface area contributed by atoms with E-state index in [1.165, 1.54) is 0 Å². The van der Waals surface area contributed by atoms with Gasteiger partial charge < -0.3 is 4.74 Å². The minimum absolute atomic E-state index is 0.380. The van der Waals surface area contributed by atoms with E-state index in [1.807, 2.05) is 0 Å². The van der Waals surface area contributed by atoms with Crippen LogP contribution in [-0.4, -0.2) is 13.2 Å². The second-order valence-electron chi connectivity index (χ2n) is 4.78. The van der Waals surface area contributed by atoms with Crippen molar-refractivity contribution in [3.05, 3.63) is 0 Å². The largest absolute Gasteiger partial charge is 0.381 e. The lowest BCUT2D eigenvalue weighted by atomic mass is 9.85. The fourth-order valence-electron chi connectivity index (χ4n) is 1.19. The van der Waals surface area contributed by atoms with Gasteiger partial charge in [0.15, 0.2) is 0 Å². The minimum atomic E-state index is 0.380. The van der Waals surface area contributed by atoms with Crippen LogP contribution in [0.15, 0.2) is 0 Å². The summed E-state index contributed by atoms with van der Waals surface area (Å²) in [6.07, 6.45) is 1.55. The molecule has 0 bridgehead atoms. The van der Waals surface area contributed by atoms with Gasteiger partial charge in [-0.1, -0.05) is 34.6 Å². The van der Waals surface area contributed by atoms with Crippen molar-refractivity contribution in [1.82, 2.24) is 0 Å². The van der Waals surface area contributed by atoms with Crippen LogP contribution in [-0.2, 0) is 4.74 Å². The molecule has 68 valence electrons. The van der Waals surface area contributed by atoms with Gasteiger partial charge in [0.2, 0.25) is 0 Å². The number of hydrogen-bond acceptors (Lipinski definition) is 1. The molecule has 0 N–H and O–H groups in total. The summed E-state index contributed by atoms with van der Waals surface area (Å²) in [5.74, 6) is 0.624. The van der Waals surface area contributed by atoms with Crippen LogP contribution in [0.5, 0.6) is 0 Å². The van der Waals surface area contributed by atoms with Gasteiger partial charge in [-0.3, -0.25) is 0 Å². The topological polar surface area (TPSA) is 9.23 Å². The molecule has 1 atom stereocenters. The predicted molar refractivity (Wildman–Crippen MR) is 49.7 cm³/mol. The van der Waals surface area contributed by atoms with E-state index in [-0.39, 0.29) is 0 Å². The number of methoxy groups -OCH3 is 1. The first-order chi connectivity index (χ1) is 4.87. The molecule has 0 saturated carbocycles. The summed E-state index contributed by atoms with van der Waals surface area (Å²) in [6.45, 7) is 11.2. The average molecular weight is 158 g/mol. The Labute approximate surface area is 71.1 Å². The molecule has 1 nitrogen and oxygen atoms in total. The van der Waals surface area contributed by atoms with E-state index < -0.39 is 0 Å². The zero-order chi connectivity index (χ0) is 9.07. The zero-order valence-corrected chi connectivity index (χ0v) is 8.77. The van der Waals surface area contributed by atoms with Crippen molar-refractivity contribution < 1.29 is 4.74 Å². The highest BCUT2D eigenvalue weighted by molar-refractivity contribution is 4.71. The highest BCUT2D eigenvalue weighted by atomic mass is 16.5. The molecule has 1 unspecified atom stereocenters. The normalized spacial score (nSPS) is 15.5. The van der Waals surface area contributed by atoms with E-state index >= 15 is 0 Å². The summed E-state index contributed by atoms with van der Waals surface area (Å²) < 4.78 is 5.39. The number of ether oxygens (including phenoxy) is 1. The molecule has 0 spiro atoms. The SMILES string of the molecule is COC(CC(C)(C)C)C(C)C. The zero-order valence-electron chi connectivity index (χ0n) is 8.77. The Kier molecular flexibility index (Phi) is 4.09.